The topological polar surface area (TPSA) is 90.1 Å². The number of hydrogen-bond acceptors (Lipinski definition) is 5. The van der Waals surface area contributed by atoms with Gasteiger partial charge in [-0.25, -0.2) is 14.4 Å². The quantitative estimate of drug-likeness (QED) is 0.282. The number of carbonyl (C=O) groups excluding carboxylic acids is 1. The zero-order chi connectivity index (χ0) is 25.4. The first-order chi connectivity index (χ1) is 15.7. The number of aromatic nitrogens is 2. The summed E-state index contributed by atoms with van der Waals surface area (Å²) in [7, 11) is 0. The third-order valence-corrected chi connectivity index (χ3v) is 4.66. The number of nitrogens with one attached hydrogen (secondary N) is 1. The third kappa shape index (κ3) is 10.2. The number of aryl methyl sites for hydroxylation is 1. The van der Waals surface area contributed by atoms with Gasteiger partial charge in [0.1, 0.15) is 18.1 Å². The standard InChI is InChI=1S/C22H31FN4O2.C4H6/c1-7-10-18(23)15(5)17(14(4)9-3)12-25-22(28)20-21(24)27-19(16(6)26-20)13-29-11-8-2;1-3-4-2/h7-8,10-11H,9,12-13H2,1-6H3,(H2,24,27)(H,25,28);1H,4H2,2H3/b10-7-,11-8-,17-14+,18-15+;. The van der Waals surface area contributed by atoms with Crippen molar-refractivity contribution in [3.63, 3.8) is 0 Å². The van der Waals surface area contributed by atoms with Crippen molar-refractivity contribution in [2.24, 2.45) is 0 Å². The molecular formula is C26H37FN4O2. The van der Waals surface area contributed by atoms with Crippen LogP contribution >= 0.6 is 0 Å². The van der Waals surface area contributed by atoms with Gasteiger partial charge < -0.3 is 15.8 Å². The van der Waals surface area contributed by atoms with Gasteiger partial charge in [0, 0.05) is 13.0 Å². The van der Waals surface area contributed by atoms with Crippen molar-refractivity contribution >= 4 is 11.7 Å². The van der Waals surface area contributed by atoms with E-state index in [4.69, 9.17) is 16.9 Å². The fraction of sp³-hybridized carbons (Fsp3) is 0.423. The molecule has 1 rings (SSSR count). The lowest BCUT2D eigenvalue weighted by atomic mass is 9.99. The SMILES string of the molecule is C#CCC.C/C=C\OCc1nc(N)c(C(=O)NCC(=C(/C)CC)/C(C)=C(F)\C=C/C)nc1C. The molecule has 1 heterocycles. The highest BCUT2D eigenvalue weighted by molar-refractivity contribution is 5.96. The van der Waals surface area contributed by atoms with Crippen LogP contribution in [0.25, 0.3) is 0 Å². The number of nitrogens with two attached hydrogens (primary N) is 1. The molecular weight excluding hydrogens is 419 g/mol. The molecule has 180 valence electrons. The number of hydrogen-bond donors (Lipinski definition) is 2. The first-order valence-electron chi connectivity index (χ1n) is 10.9. The van der Waals surface area contributed by atoms with E-state index < -0.39 is 5.91 Å². The lowest BCUT2D eigenvalue weighted by molar-refractivity contribution is 0.0952. The fourth-order valence-electron chi connectivity index (χ4n) is 2.58. The van der Waals surface area contributed by atoms with Gasteiger partial charge in [-0.05, 0) is 58.3 Å². The Bertz CT molecular complexity index is 954. The van der Waals surface area contributed by atoms with Gasteiger partial charge in [0.05, 0.1) is 12.0 Å². The number of halogens is 1. The third-order valence-electron chi connectivity index (χ3n) is 4.66. The molecule has 3 N–H and O–H groups in total. The van der Waals surface area contributed by atoms with Crippen molar-refractivity contribution < 1.29 is 13.9 Å². The van der Waals surface area contributed by atoms with Gasteiger partial charge in [-0.2, -0.15) is 0 Å². The number of carbonyl (C=O) groups is 1. The van der Waals surface area contributed by atoms with Crippen LogP contribution in [0.5, 0.6) is 0 Å². The molecule has 0 atom stereocenters. The average molecular weight is 457 g/mol. The molecule has 0 aromatic carbocycles. The molecule has 0 unspecified atom stereocenters. The second-order valence-electron chi connectivity index (χ2n) is 7.10. The highest BCUT2D eigenvalue weighted by atomic mass is 19.1. The maximum Gasteiger partial charge on any atom is 0.273 e. The Balaban J connectivity index is 0.00000235. The molecule has 0 fully saturated rings. The highest BCUT2D eigenvalue weighted by Crippen LogP contribution is 2.22. The van der Waals surface area contributed by atoms with Crippen LogP contribution in [0.3, 0.4) is 0 Å². The maximum absolute atomic E-state index is 14.3. The summed E-state index contributed by atoms with van der Waals surface area (Å²) in [4.78, 5) is 21.2. The summed E-state index contributed by atoms with van der Waals surface area (Å²) in [6, 6.07) is 0. The molecule has 0 saturated heterocycles. The van der Waals surface area contributed by atoms with Crippen molar-refractivity contribution in [1.82, 2.24) is 15.3 Å². The minimum absolute atomic E-state index is 0.0253. The van der Waals surface area contributed by atoms with Gasteiger partial charge in [-0.15, -0.1) is 12.3 Å². The molecule has 0 aliphatic carbocycles. The van der Waals surface area contributed by atoms with E-state index in [1.165, 1.54) is 6.08 Å². The summed E-state index contributed by atoms with van der Waals surface area (Å²) >= 11 is 0. The van der Waals surface area contributed by atoms with E-state index in [1.807, 2.05) is 27.7 Å². The first-order valence-corrected chi connectivity index (χ1v) is 10.9. The number of nitrogens with zero attached hydrogens (tertiary/aromatic N) is 2. The predicted octanol–water partition coefficient (Wildman–Crippen LogP) is 5.72. The number of nitrogen functional groups attached to an aromatic ring is 1. The van der Waals surface area contributed by atoms with Gasteiger partial charge >= 0.3 is 0 Å². The Morgan fingerprint density at radius 1 is 1.24 bits per heavy atom. The van der Waals surface area contributed by atoms with Crippen LogP contribution in [0.15, 0.2) is 47.0 Å². The summed E-state index contributed by atoms with van der Waals surface area (Å²) in [5.41, 5.74) is 9.34. The summed E-state index contributed by atoms with van der Waals surface area (Å²) in [6.07, 6.45) is 12.7. The van der Waals surface area contributed by atoms with Crippen LogP contribution in [-0.2, 0) is 11.3 Å². The normalized spacial score (nSPS) is 12.5. The highest BCUT2D eigenvalue weighted by Gasteiger charge is 2.17. The van der Waals surface area contributed by atoms with E-state index in [0.717, 1.165) is 24.0 Å². The number of allylic oxidation sites excluding steroid dienone is 5. The zero-order valence-corrected chi connectivity index (χ0v) is 20.9. The fourth-order valence-corrected chi connectivity index (χ4v) is 2.58. The molecule has 1 aromatic rings. The molecule has 7 heteroatoms. The van der Waals surface area contributed by atoms with Crippen LogP contribution in [-0.4, -0.2) is 22.4 Å². The summed E-state index contributed by atoms with van der Waals surface area (Å²) in [5.74, 6) is 1.67. The van der Waals surface area contributed by atoms with Crippen LogP contribution in [0.2, 0.25) is 0 Å². The number of rotatable bonds is 9. The van der Waals surface area contributed by atoms with E-state index in [0.29, 0.717) is 17.0 Å². The molecule has 0 bridgehead atoms. The summed E-state index contributed by atoms with van der Waals surface area (Å²) in [6.45, 7) is 13.3. The Morgan fingerprint density at radius 3 is 2.39 bits per heavy atom. The van der Waals surface area contributed by atoms with Gasteiger partial charge in [-0.1, -0.05) is 31.6 Å². The lowest BCUT2D eigenvalue weighted by Crippen LogP contribution is -2.29. The molecule has 0 saturated carbocycles. The molecule has 0 aliphatic rings. The van der Waals surface area contributed by atoms with Crippen molar-refractivity contribution in [2.75, 3.05) is 12.3 Å². The van der Waals surface area contributed by atoms with E-state index in [1.54, 1.807) is 39.2 Å². The molecule has 0 aliphatic heterocycles. The number of anilines is 1. The van der Waals surface area contributed by atoms with Crippen LogP contribution < -0.4 is 11.1 Å². The average Bonchev–Trinajstić information content (AvgIpc) is 2.80. The van der Waals surface area contributed by atoms with Gasteiger partial charge in [0.25, 0.3) is 5.91 Å². The van der Waals surface area contributed by atoms with Gasteiger partial charge in [0.15, 0.2) is 11.5 Å². The van der Waals surface area contributed by atoms with Crippen molar-refractivity contribution in [3.05, 3.63) is 64.1 Å². The van der Waals surface area contributed by atoms with Gasteiger partial charge in [-0.3, -0.25) is 4.79 Å². The second kappa shape index (κ2) is 16.3. The predicted molar refractivity (Wildman–Crippen MR) is 134 cm³/mol. The summed E-state index contributed by atoms with van der Waals surface area (Å²) in [5, 5.41) is 2.79. The second-order valence-corrected chi connectivity index (χ2v) is 7.10. The van der Waals surface area contributed by atoms with Crippen molar-refractivity contribution in [3.8, 4) is 12.3 Å². The van der Waals surface area contributed by atoms with Crippen molar-refractivity contribution in [2.45, 2.75) is 67.9 Å². The maximum atomic E-state index is 14.3. The largest absolute Gasteiger partial charge is 0.495 e. The molecule has 33 heavy (non-hydrogen) atoms. The number of ether oxygens (including phenoxy) is 1. The Morgan fingerprint density at radius 2 is 1.88 bits per heavy atom. The zero-order valence-electron chi connectivity index (χ0n) is 20.9. The van der Waals surface area contributed by atoms with Crippen LogP contribution in [0.1, 0.15) is 76.3 Å². The molecule has 0 spiro atoms. The van der Waals surface area contributed by atoms with E-state index in [-0.39, 0.29) is 30.5 Å². The first kappa shape index (κ1) is 29.6. The molecule has 0 radical (unpaired) electrons. The lowest BCUT2D eigenvalue weighted by Gasteiger charge is -2.15. The molecule has 1 aromatic heterocycles. The monoisotopic (exact) mass is 456 g/mol. The minimum Gasteiger partial charge on any atom is -0.495 e. The number of amides is 1. The molecule has 6 nitrogen and oxygen atoms in total. The smallest absolute Gasteiger partial charge is 0.273 e. The van der Waals surface area contributed by atoms with Gasteiger partial charge in [0.2, 0.25) is 0 Å². The Labute approximate surface area is 197 Å². The van der Waals surface area contributed by atoms with E-state index >= 15 is 0 Å². The van der Waals surface area contributed by atoms with E-state index in [2.05, 4.69) is 21.2 Å². The Kier molecular flexibility index (Phi) is 14.6. The van der Waals surface area contributed by atoms with Crippen LogP contribution in [0.4, 0.5) is 10.2 Å². The van der Waals surface area contributed by atoms with Crippen LogP contribution in [0, 0.1) is 19.3 Å². The van der Waals surface area contributed by atoms with Crippen molar-refractivity contribution in [1.29, 1.82) is 0 Å². The Hall–Kier alpha value is -3.40. The number of terminal acetylenes is 1. The van der Waals surface area contributed by atoms with E-state index in [9.17, 15) is 9.18 Å². The minimum atomic E-state index is -0.459. The summed E-state index contributed by atoms with van der Waals surface area (Å²) < 4.78 is 19.6. The molecule has 1 amide bonds.